The molecule has 8 nitrogen and oxygen atoms in total. The van der Waals surface area contributed by atoms with Crippen molar-refractivity contribution in [2.24, 2.45) is 0 Å². The summed E-state index contributed by atoms with van der Waals surface area (Å²) in [6, 6.07) is 12.5. The molecule has 1 N–H and O–H groups in total. The number of anilines is 1. The van der Waals surface area contributed by atoms with Crippen LogP contribution in [0.1, 0.15) is 23.2 Å². The molecule has 0 aliphatic carbocycles. The van der Waals surface area contributed by atoms with E-state index in [2.05, 4.69) is 15.5 Å². The zero-order valence-electron chi connectivity index (χ0n) is 16.6. The van der Waals surface area contributed by atoms with Crippen molar-refractivity contribution in [2.75, 3.05) is 32.6 Å². The molecule has 0 spiro atoms. The molecule has 0 atom stereocenters. The van der Waals surface area contributed by atoms with Gasteiger partial charge in [-0.25, -0.2) is 4.79 Å². The van der Waals surface area contributed by atoms with Gasteiger partial charge in [0.25, 0.3) is 0 Å². The predicted molar refractivity (Wildman–Crippen MR) is 111 cm³/mol. The van der Waals surface area contributed by atoms with Crippen molar-refractivity contribution >= 4 is 23.3 Å². The van der Waals surface area contributed by atoms with Gasteiger partial charge < -0.3 is 24.2 Å². The summed E-state index contributed by atoms with van der Waals surface area (Å²) < 4.78 is 16.0. The van der Waals surface area contributed by atoms with Crippen molar-refractivity contribution in [1.82, 2.24) is 15.0 Å². The van der Waals surface area contributed by atoms with E-state index in [1.165, 1.54) is 7.11 Å². The molecule has 0 bridgehead atoms. The number of amides is 2. The Hall–Kier alpha value is -3.26. The second-order valence-corrected chi connectivity index (χ2v) is 7.35. The second kappa shape index (κ2) is 8.62. The Morgan fingerprint density at radius 1 is 1.20 bits per heavy atom. The van der Waals surface area contributed by atoms with Crippen LogP contribution < -0.4 is 14.8 Å². The molecule has 2 amide bonds. The maximum absolute atomic E-state index is 12.5. The third kappa shape index (κ3) is 4.18. The minimum Gasteiger partial charge on any atom is -0.496 e. The highest BCUT2D eigenvalue weighted by molar-refractivity contribution is 6.31. The van der Waals surface area contributed by atoms with E-state index >= 15 is 0 Å². The summed E-state index contributed by atoms with van der Waals surface area (Å²) in [5.74, 6) is 2.45. The molecular weight excluding hydrogens is 408 g/mol. The van der Waals surface area contributed by atoms with Crippen LogP contribution in [0, 0.1) is 0 Å². The Morgan fingerprint density at radius 2 is 1.97 bits per heavy atom. The summed E-state index contributed by atoms with van der Waals surface area (Å²) in [5, 5.41) is 7.41. The van der Waals surface area contributed by atoms with Crippen molar-refractivity contribution in [3.05, 3.63) is 64.8 Å². The Kier molecular flexibility index (Phi) is 5.76. The van der Waals surface area contributed by atoms with Gasteiger partial charge in [0, 0.05) is 30.1 Å². The number of nitrogens with one attached hydrogen (secondary N) is 1. The number of halogens is 1. The smallest absolute Gasteiger partial charge is 0.321 e. The van der Waals surface area contributed by atoms with Gasteiger partial charge in [0.2, 0.25) is 5.89 Å². The van der Waals surface area contributed by atoms with Crippen LogP contribution in [0.25, 0.3) is 0 Å². The minimum absolute atomic E-state index is 0.0101. The van der Waals surface area contributed by atoms with Gasteiger partial charge in [-0.2, -0.15) is 4.98 Å². The first-order valence-corrected chi connectivity index (χ1v) is 9.79. The lowest BCUT2D eigenvalue weighted by molar-refractivity contribution is 0.147. The maximum Gasteiger partial charge on any atom is 0.321 e. The summed E-state index contributed by atoms with van der Waals surface area (Å²) in [6.45, 7) is 0.982. The van der Waals surface area contributed by atoms with E-state index in [1.807, 2.05) is 24.3 Å². The van der Waals surface area contributed by atoms with E-state index in [1.54, 1.807) is 30.2 Å². The number of aromatic nitrogens is 2. The molecule has 1 aliphatic heterocycles. The zero-order chi connectivity index (χ0) is 21.1. The van der Waals surface area contributed by atoms with E-state index in [9.17, 15) is 4.79 Å². The van der Waals surface area contributed by atoms with E-state index in [0.29, 0.717) is 47.7 Å². The number of rotatable bonds is 6. The quantitative estimate of drug-likeness (QED) is 0.639. The van der Waals surface area contributed by atoms with Crippen LogP contribution >= 0.6 is 11.6 Å². The molecule has 1 saturated heterocycles. The lowest BCUT2D eigenvalue weighted by Crippen LogP contribution is -2.50. The van der Waals surface area contributed by atoms with Crippen LogP contribution in [0.3, 0.4) is 0 Å². The van der Waals surface area contributed by atoms with Crippen LogP contribution in [0.5, 0.6) is 11.5 Å². The summed E-state index contributed by atoms with van der Waals surface area (Å²) in [5.41, 5.74) is 1.51. The molecule has 0 saturated carbocycles. The molecule has 0 unspecified atom stereocenters. The van der Waals surface area contributed by atoms with Crippen molar-refractivity contribution in [2.45, 2.75) is 12.3 Å². The van der Waals surface area contributed by atoms with Gasteiger partial charge in [-0.1, -0.05) is 35.0 Å². The second-order valence-electron chi connectivity index (χ2n) is 6.91. The SMILES string of the molecule is COc1ccccc1Cc1noc(C2CN(C(=O)Nc3cc(Cl)ccc3OC)C2)n1. The first-order chi connectivity index (χ1) is 14.6. The standard InChI is InChI=1S/C21H21ClN4O4/c1-28-17-6-4-3-5-13(17)9-19-24-20(30-25-19)14-11-26(12-14)21(27)23-16-10-15(22)7-8-18(16)29-2/h3-8,10,14H,9,11-12H2,1-2H3,(H,23,27). The largest absolute Gasteiger partial charge is 0.496 e. The van der Waals surface area contributed by atoms with E-state index < -0.39 is 0 Å². The molecular formula is C21H21ClN4O4. The lowest BCUT2D eigenvalue weighted by atomic mass is 10.0. The fraction of sp³-hybridized carbons (Fsp3) is 0.286. The zero-order valence-corrected chi connectivity index (χ0v) is 17.3. The molecule has 1 aromatic heterocycles. The molecule has 2 heterocycles. The Morgan fingerprint density at radius 3 is 2.73 bits per heavy atom. The molecule has 1 fully saturated rings. The molecule has 9 heteroatoms. The van der Waals surface area contributed by atoms with Gasteiger partial charge >= 0.3 is 6.03 Å². The van der Waals surface area contributed by atoms with E-state index in [4.69, 9.17) is 25.6 Å². The number of carbonyl (C=O) groups is 1. The topological polar surface area (TPSA) is 89.7 Å². The summed E-state index contributed by atoms with van der Waals surface area (Å²) >= 11 is 6.01. The molecule has 2 aromatic carbocycles. The number of para-hydroxylation sites is 1. The van der Waals surface area contributed by atoms with Crippen molar-refractivity contribution in [3.63, 3.8) is 0 Å². The third-order valence-electron chi connectivity index (χ3n) is 4.95. The van der Waals surface area contributed by atoms with Crippen molar-refractivity contribution in [3.8, 4) is 11.5 Å². The van der Waals surface area contributed by atoms with Gasteiger partial charge in [-0.05, 0) is 24.3 Å². The summed E-state index contributed by atoms with van der Waals surface area (Å²) in [6.07, 6.45) is 0.513. The fourth-order valence-corrected chi connectivity index (χ4v) is 3.47. The van der Waals surface area contributed by atoms with Crippen LogP contribution in [-0.2, 0) is 6.42 Å². The molecule has 30 heavy (non-hydrogen) atoms. The van der Waals surface area contributed by atoms with Crippen LogP contribution in [0.4, 0.5) is 10.5 Å². The number of urea groups is 1. The lowest BCUT2D eigenvalue weighted by Gasteiger charge is -2.36. The maximum atomic E-state index is 12.5. The Balaban J connectivity index is 1.35. The molecule has 0 radical (unpaired) electrons. The average Bonchev–Trinajstić information content (AvgIpc) is 3.15. The number of benzene rings is 2. The monoisotopic (exact) mass is 428 g/mol. The van der Waals surface area contributed by atoms with E-state index in [-0.39, 0.29) is 11.9 Å². The Bertz CT molecular complexity index is 1050. The van der Waals surface area contributed by atoms with Gasteiger partial charge in [-0.3, -0.25) is 0 Å². The number of hydrogen-bond acceptors (Lipinski definition) is 6. The minimum atomic E-state index is -0.236. The molecule has 1 aliphatic rings. The Labute approximate surface area is 178 Å². The van der Waals surface area contributed by atoms with Crippen LogP contribution in [-0.4, -0.2) is 48.4 Å². The number of methoxy groups -OCH3 is 2. The highest BCUT2D eigenvalue weighted by atomic mass is 35.5. The summed E-state index contributed by atoms with van der Waals surface area (Å²) in [4.78, 5) is 18.7. The van der Waals surface area contributed by atoms with E-state index in [0.717, 1.165) is 11.3 Å². The van der Waals surface area contributed by atoms with Gasteiger partial charge in [-0.15, -0.1) is 0 Å². The third-order valence-corrected chi connectivity index (χ3v) is 5.18. The van der Waals surface area contributed by atoms with Crippen LogP contribution in [0.2, 0.25) is 5.02 Å². The van der Waals surface area contributed by atoms with Crippen molar-refractivity contribution in [1.29, 1.82) is 0 Å². The van der Waals surface area contributed by atoms with Gasteiger partial charge in [0.05, 0.1) is 25.8 Å². The van der Waals surface area contributed by atoms with Crippen LogP contribution in [0.15, 0.2) is 47.0 Å². The highest BCUT2D eigenvalue weighted by Gasteiger charge is 2.36. The molecule has 156 valence electrons. The number of carbonyl (C=O) groups excluding carboxylic acids is 1. The highest BCUT2D eigenvalue weighted by Crippen LogP contribution is 2.31. The predicted octanol–water partition coefficient (Wildman–Crippen LogP) is 3.96. The molecule has 3 aromatic rings. The summed E-state index contributed by atoms with van der Waals surface area (Å²) in [7, 11) is 3.17. The number of hydrogen-bond donors (Lipinski definition) is 1. The first-order valence-electron chi connectivity index (χ1n) is 9.41. The number of likely N-dealkylation sites (tertiary alicyclic amines) is 1. The average molecular weight is 429 g/mol. The fourth-order valence-electron chi connectivity index (χ4n) is 3.30. The molecule has 4 rings (SSSR count). The van der Waals surface area contributed by atoms with Crippen molar-refractivity contribution < 1.29 is 18.8 Å². The van der Waals surface area contributed by atoms with Gasteiger partial charge in [0.15, 0.2) is 5.82 Å². The normalized spacial score (nSPS) is 13.6. The number of nitrogens with zero attached hydrogens (tertiary/aromatic N) is 3. The number of ether oxygens (including phenoxy) is 2. The first kappa shape index (κ1) is 20.0. The van der Waals surface area contributed by atoms with Gasteiger partial charge in [0.1, 0.15) is 11.5 Å².